The molecular formula is C15H15F2NO5. The summed E-state index contributed by atoms with van der Waals surface area (Å²) < 4.78 is 36.2. The lowest BCUT2D eigenvalue weighted by Crippen LogP contribution is -2.28. The number of halogens is 2. The van der Waals surface area contributed by atoms with E-state index in [1.165, 1.54) is 27.0 Å². The first-order valence-electron chi connectivity index (χ1n) is 6.65. The highest BCUT2D eigenvalue weighted by Crippen LogP contribution is 2.26. The molecule has 124 valence electrons. The molecule has 1 amide bonds. The van der Waals surface area contributed by atoms with Gasteiger partial charge in [-0.3, -0.25) is 9.63 Å². The number of hydroxylamine groups is 2. The van der Waals surface area contributed by atoms with E-state index >= 15 is 0 Å². The molecule has 1 aliphatic heterocycles. The minimum absolute atomic E-state index is 0.144. The largest absolute Gasteiger partial charge is 0.445 e. The van der Waals surface area contributed by atoms with Gasteiger partial charge in [0.15, 0.2) is 11.6 Å². The van der Waals surface area contributed by atoms with E-state index in [1.54, 1.807) is 0 Å². The Balaban J connectivity index is 2.13. The summed E-state index contributed by atoms with van der Waals surface area (Å²) in [4.78, 5) is 28.6. The average molecular weight is 327 g/mol. The van der Waals surface area contributed by atoms with Crippen molar-refractivity contribution in [3.05, 3.63) is 47.2 Å². The third kappa shape index (κ3) is 4.04. The van der Waals surface area contributed by atoms with Crippen LogP contribution in [0.4, 0.5) is 8.78 Å². The summed E-state index contributed by atoms with van der Waals surface area (Å²) in [5.74, 6) is -4.91. The molecule has 6 nitrogen and oxygen atoms in total. The highest BCUT2D eigenvalue weighted by atomic mass is 19.2. The molecule has 1 aromatic rings. The van der Waals surface area contributed by atoms with E-state index in [2.05, 4.69) is 0 Å². The minimum Gasteiger partial charge on any atom is -0.445 e. The normalized spacial score (nSPS) is 17.8. The van der Waals surface area contributed by atoms with E-state index in [4.69, 9.17) is 14.3 Å². The topological polar surface area (TPSA) is 65.1 Å². The van der Waals surface area contributed by atoms with Crippen molar-refractivity contribution >= 4 is 11.9 Å². The number of hydrogen-bond donors (Lipinski definition) is 0. The van der Waals surface area contributed by atoms with Crippen molar-refractivity contribution in [2.75, 3.05) is 7.11 Å². The molecule has 1 aliphatic rings. The van der Waals surface area contributed by atoms with Crippen LogP contribution in [0.15, 0.2) is 30.0 Å². The molecule has 0 aromatic heterocycles. The molecule has 0 atom stereocenters. The van der Waals surface area contributed by atoms with Crippen molar-refractivity contribution in [1.82, 2.24) is 5.06 Å². The van der Waals surface area contributed by atoms with Gasteiger partial charge in [0.1, 0.15) is 0 Å². The summed E-state index contributed by atoms with van der Waals surface area (Å²) in [6, 6.07) is 3.21. The Hall–Kier alpha value is -2.48. The zero-order chi connectivity index (χ0) is 17.2. The molecule has 2 rings (SSSR count). The van der Waals surface area contributed by atoms with E-state index in [9.17, 15) is 18.4 Å². The van der Waals surface area contributed by atoms with Crippen molar-refractivity contribution in [3.63, 3.8) is 0 Å². The molecule has 23 heavy (non-hydrogen) atoms. The predicted octanol–water partition coefficient (Wildman–Crippen LogP) is 2.05. The van der Waals surface area contributed by atoms with E-state index < -0.39 is 29.3 Å². The number of nitrogens with zero attached hydrogens (tertiary/aromatic N) is 1. The SMILES string of the molecule is CON(Cc1ccc(F)c(F)c1)C(=O)C=C1OC(C)(C)OC1=O. The quantitative estimate of drug-likeness (QED) is 0.481. The van der Waals surface area contributed by atoms with Gasteiger partial charge in [0.05, 0.1) is 19.7 Å². The first kappa shape index (κ1) is 16.9. The van der Waals surface area contributed by atoms with Crippen LogP contribution in [-0.2, 0) is 30.4 Å². The van der Waals surface area contributed by atoms with Crippen LogP contribution in [0.5, 0.6) is 0 Å². The van der Waals surface area contributed by atoms with Crippen LogP contribution in [0.3, 0.4) is 0 Å². The molecule has 0 saturated carbocycles. The highest BCUT2D eigenvalue weighted by Gasteiger charge is 2.38. The van der Waals surface area contributed by atoms with Crippen LogP contribution >= 0.6 is 0 Å². The average Bonchev–Trinajstić information content (AvgIpc) is 2.72. The molecule has 0 unspecified atom stereocenters. The van der Waals surface area contributed by atoms with Crippen molar-refractivity contribution < 1.29 is 32.7 Å². The number of carbonyl (C=O) groups excluding carboxylic acids is 2. The molecule has 1 aromatic carbocycles. The van der Waals surface area contributed by atoms with Crippen molar-refractivity contribution in [1.29, 1.82) is 0 Å². The first-order valence-corrected chi connectivity index (χ1v) is 6.65. The summed E-state index contributed by atoms with van der Waals surface area (Å²) in [5, 5.41) is 0.863. The van der Waals surface area contributed by atoms with Gasteiger partial charge in [-0.25, -0.2) is 18.6 Å². The maximum absolute atomic E-state index is 13.2. The fourth-order valence-electron chi connectivity index (χ4n) is 1.91. The van der Waals surface area contributed by atoms with E-state index in [-0.39, 0.29) is 12.3 Å². The zero-order valence-corrected chi connectivity index (χ0v) is 12.8. The molecule has 0 radical (unpaired) electrons. The molecule has 1 saturated heterocycles. The van der Waals surface area contributed by atoms with Crippen molar-refractivity contribution in [2.45, 2.75) is 26.2 Å². The minimum atomic E-state index is -1.15. The summed E-state index contributed by atoms with van der Waals surface area (Å²) in [6.07, 6.45) is 0.917. The molecule has 0 aliphatic carbocycles. The second-order valence-corrected chi connectivity index (χ2v) is 5.21. The van der Waals surface area contributed by atoms with E-state index in [0.717, 1.165) is 23.3 Å². The van der Waals surface area contributed by atoms with Crippen LogP contribution in [0.25, 0.3) is 0 Å². The second-order valence-electron chi connectivity index (χ2n) is 5.21. The molecule has 8 heteroatoms. The van der Waals surface area contributed by atoms with Crippen LogP contribution < -0.4 is 0 Å². The zero-order valence-electron chi connectivity index (χ0n) is 12.8. The molecule has 1 heterocycles. The van der Waals surface area contributed by atoms with Crippen molar-refractivity contribution in [2.24, 2.45) is 0 Å². The fraction of sp³-hybridized carbons (Fsp3) is 0.333. The summed E-state index contributed by atoms with van der Waals surface area (Å²) in [7, 11) is 1.23. The van der Waals surface area contributed by atoms with Crippen LogP contribution in [0, 0.1) is 11.6 Å². The smallest absolute Gasteiger partial charge is 0.377 e. The Morgan fingerprint density at radius 2 is 2.00 bits per heavy atom. The Bertz CT molecular complexity index is 672. The summed E-state index contributed by atoms with van der Waals surface area (Å²) in [6.45, 7) is 2.89. The summed E-state index contributed by atoms with van der Waals surface area (Å²) in [5.41, 5.74) is 0.313. The highest BCUT2D eigenvalue weighted by molar-refractivity contribution is 5.97. The van der Waals surface area contributed by atoms with Gasteiger partial charge in [-0.15, -0.1) is 0 Å². The Morgan fingerprint density at radius 3 is 2.52 bits per heavy atom. The molecule has 0 N–H and O–H groups in total. The third-order valence-corrected chi connectivity index (χ3v) is 2.93. The third-order valence-electron chi connectivity index (χ3n) is 2.93. The van der Waals surface area contributed by atoms with Gasteiger partial charge in [-0.1, -0.05) is 6.07 Å². The van der Waals surface area contributed by atoms with Gasteiger partial charge in [0.2, 0.25) is 11.5 Å². The number of carbonyl (C=O) groups is 2. The van der Waals surface area contributed by atoms with Crippen molar-refractivity contribution in [3.8, 4) is 0 Å². The predicted molar refractivity (Wildman–Crippen MR) is 73.3 cm³/mol. The van der Waals surface area contributed by atoms with Gasteiger partial charge in [0, 0.05) is 13.8 Å². The second kappa shape index (κ2) is 6.33. The first-order chi connectivity index (χ1) is 10.7. The number of rotatable bonds is 4. The summed E-state index contributed by atoms with van der Waals surface area (Å²) >= 11 is 0. The molecular weight excluding hydrogens is 312 g/mol. The maximum Gasteiger partial charge on any atom is 0.377 e. The molecule has 0 spiro atoms. The van der Waals surface area contributed by atoms with Gasteiger partial charge in [-0.2, -0.15) is 0 Å². The number of cyclic esters (lactones) is 1. The lowest BCUT2D eigenvalue weighted by molar-refractivity contribution is -0.173. The number of esters is 1. The fourth-order valence-corrected chi connectivity index (χ4v) is 1.91. The van der Waals surface area contributed by atoms with Crippen LogP contribution in [-0.4, -0.2) is 29.8 Å². The van der Waals surface area contributed by atoms with E-state index in [0.29, 0.717) is 5.56 Å². The van der Waals surface area contributed by atoms with Gasteiger partial charge in [0.25, 0.3) is 5.91 Å². The lowest BCUT2D eigenvalue weighted by Gasteiger charge is -2.18. The van der Waals surface area contributed by atoms with Gasteiger partial charge in [-0.05, 0) is 17.7 Å². The molecule has 1 fully saturated rings. The molecule has 0 bridgehead atoms. The lowest BCUT2D eigenvalue weighted by atomic mass is 10.2. The number of benzene rings is 1. The Kier molecular flexibility index (Phi) is 4.65. The number of ether oxygens (including phenoxy) is 2. The van der Waals surface area contributed by atoms with Gasteiger partial charge >= 0.3 is 5.97 Å². The monoisotopic (exact) mass is 327 g/mol. The Labute approximate surface area is 131 Å². The van der Waals surface area contributed by atoms with E-state index in [1.807, 2.05) is 0 Å². The number of amides is 1. The van der Waals surface area contributed by atoms with Crippen LogP contribution in [0.2, 0.25) is 0 Å². The van der Waals surface area contributed by atoms with Crippen LogP contribution in [0.1, 0.15) is 19.4 Å². The number of hydrogen-bond acceptors (Lipinski definition) is 5. The standard InChI is InChI=1S/C15H15F2NO5/c1-15(2)22-12(14(20)23-15)7-13(19)18(21-3)8-9-4-5-10(16)11(17)6-9/h4-7H,8H2,1-3H3. The van der Waals surface area contributed by atoms with Gasteiger partial charge < -0.3 is 9.47 Å². The maximum atomic E-state index is 13.2. The Morgan fingerprint density at radius 1 is 1.30 bits per heavy atom.